The van der Waals surface area contributed by atoms with Gasteiger partial charge in [-0.15, -0.1) is 0 Å². The van der Waals surface area contributed by atoms with Crippen LogP contribution in [0.15, 0.2) is 0 Å². The zero-order valence-electron chi connectivity index (χ0n) is 11.3. The molecule has 0 aromatic heterocycles. The van der Waals surface area contributed by atoms with E-state index < -0.39 is 11.9 Å². The van der Waals surface area contributed by atoms with Crippen molar-refractivity contribution in [2.45, 2.75) is 0 Å². The minimum atomic E-state index is -1.01. The fourth-order valence-corrected chi connectivity index (χ4v) is 1.39. The van der Waals surface area contributed by atoms with Crippen LogP contribution in [0, 0.1) is 0 Å². The maximum absolute atomic E-state index is 10.6. The summed E-state index contributed by atoms with van der Waals surface area (Å²) < 4.78 is 0. The van der Waals surface area contributed by atoms with Gasteiger partial charge in [0.1, 0.15) is 0 Å². The van der Waals surface area contributed by atoms with Crippen LogP contribution in [-0.4, -0.2) is 97.3 Å². The summed E-state index contributed by atoms with van der Waals surface area (Å²) in [4.78, 5) is 26.7. The molecule has 7 nitrogen and oxygen atoms in total. The summed E-state index contributed by atoms with van der Waals surface area (Å²) in [6, 6.07) is 0. The first-order chi connectivity index (χ1) is 8.31. The lowest BCUT2D eigenvalue weighted by atomic mass is 10.4. The van der Waals surface area contributed by atoms with Gasteiger partial charge in [-0.1, -0.05) is 0 Å². The van der Waals surface area contributed by atoms with Gasteiger partial charge in [-0.25, -0.2) is 0 Å². The summed E-state index contributed by atoms with van der Waals surface area (Å²) in [5, 5.41) is 17.4. The molecule has 0 amide bonds. The molecule has 7 heteroatoms. The number of hydrogen-bond acceptors (Lipinski definition) is 5. The Hall–Kier alpha value is -1.18. The van der Waals surface area contributed by atoms with Crippen molar-refractivity contribution >= 4 is 11.9 Å². The molecule has 0 atom stereocenters. The van der Waals surface area contributed by atoms with Crippen LogP contribution in [0.2, 0.25) is 0 Å². The average molecular weight is 261 g/mol. The Balaban J connectivity index is 4.00. The predicted octanol–water partition coefficient (Wildman–Crippen LogP) is -1.05. The molecule has 0 bridgehead atoms. The molecule has 0 aliphatic carbocycles. The Morgan fingerprint density at radius 3 is 1.67 bits per heavy atom. The quantitative estimate of drug-likeness (QED) is 0.519. The lowest BCUT2D eigenvalue weighted by Gasteiger charge is -2.23. The molecule has 106 valence electrons. The number of hydrogen-bond donors (Lipinski definition) is 2. The van der Waals surface area contributed by atoms with Crippen LogP contribution >= 0.6 is 0 Å². The van der Waals surface area contributed by atoms with Crippen molar-refractivity contribution in [1.29, 1.82) is 0 Å². The van der Waals surface area contributed by atoms with E-state index in [1.807, 2.05) is 21.1 Å². The maximum atomic E-state index is 10.6. The molecule has 0 unspecified atom stereocenters. The molecule has 0 aromatic carbocycles. The number of likely N-dealkylation sites (N-methyl/N-ethyl adjacent to an activating group) is 2. The molecular formula is C11H23N3O4. The second kappa shape index (κ2) is 8.84. The van der Waals surface area contributed by atoms with Gasteiger partial charge in [-0.2, -0.15) is 0 Å². The maximum Gasteiger partial charge on any atom is 0.317 e. The second-order valence-corrected chi connectivity index (χ2v) is 4.60. The Morgan fingerprint density at radius 2 is 1.28 bits per heavy atom. The van der Waals surface area contributed by atoms with Crippen molar-refractivity contribution in [3.63, 3.8) is 0 Å². The van der Waals surface area contributed by atoms with Gasteiger partial charge < -0.3 is 20.0 Å². The molecule has 2 N–H and O–H groups in total. The third kappa shape index (κ3) is 10.0. The van der Waals surface area contributed by atoms with Crippen molar-refractivity contribution < 1.29 is 19.8 Å². The summed E-state index contributed by atoms with van der Waals surface area (Å²) in [5.41, 5.74) is 0. The number of nitrogens with zero attached hydrogens (tertiary/aromatic N) is 3. The first kappa shape index (κ1) is 16.8. The summed E-state index contributed by atoms with van der Waals surface area (Å²) in [7, 11) is 5.90. The molecular weight excluding hydrogens is 238 g/mol. The van der Waals surface area contributed by atoms with Gasteiger partial charge in [0, 0.05) is 26.2 Å². The van der Waals surface area contributed by atoms with Crippen molar-refractivity contribution in [1.82, 2.24) is 14.7 Å². The molecule has 0 fully saturated rings. The van der Waals surface area contributed by atoms with E-state index in [1.54, 1.807) is 0 Å². The number of rotatable bonds is 10. The molecule has 0 aliphatic heterocycles. The normalized spacial score (nSPS) is 11.4. The molecule has 0 aromatic rings. The van der Waals surface area contributed by atoms with Crippen LogP contribution in [0.1, 0.15) is 0 Å². The van der Waals surface area contributed by atoms with Crippen molar-refractivity contribution in [3.05, 3.63) is 0 Å². The van der Waals surface area contributed by atoms with Gasteiger partial charge in [0.05, 0.1) is 13.1 Å². The topological polar surface area (TPSA) is 84.3 Å². The highest BCUT2D eigenvalue weighted by molar-refractivity contribution is 5.72. The third-order valence-electron chi connectivity index (χ3n) is 2.44. The van der Waals surface area contributed by atoms with Crippen LogP contribution in [0.5, 0.6) is 0 Å². The lowest BCUT2D eigenvalue weighted by Crippen LogP contribution is -2.40. The molecule has 0 saturated carbocycles. The Morgan fingerprint density at radius 1 is 0.833 bits per heavy atom. The summed E-state index contributed by atoms with van der Waals surface area (Å²) in [6.45, 7) is 2.37. The molecule has 0 heterocycles. The van der Waals surface area contributed by atoms with E-state index in [0.717, 1.165) is 13.1 Å². The summed E-state index contributed by atoms with van der Waals surface area (Å²) in [6.07, 6.45) is 0. The fourth-order valence-electron chi connectivity index (χ4n) is 1.39. The smallest absolute Gasteiger partial charge is 0.317 e. The van der Waals surface area contributed by atoms with E-state index in [4.69, 9.17) is 10.2 Å². The largest absolute Gasteiger partial charge is 0.480 e. The van der Waals surface area contributed by atoms with E-state index in [1.165, 1.54) is 4.90 Å². The monoisotopic (exact) mass is 261 g/mol. The fraction of sp³-hybridized carbons (Fsp3) is 0.818. The first-order valence-electron chi connectivity index (χ1n) is 5.80. The van der Waals surface area contributed by atoms with Gasteiger partial charge in [-0.3, -0.25) is 14.5 Å². The molecule has 18 heavy (non-hydrogen) atoms. The average Bonchev–Trinajstić information content (AvgIpc) is 2.21. The van der Waals surface area contributed by atoms with Crippen molar-refractivity contribution in [2.24, 2.45) is 0 Å². The molecule has 0 radical (unpaired) electrons. The first-order valence-corrected chi connectivity index (χ1v) is 5.80. The number of aliphatic carboxylic acids is 2. The highest BCUT2D eigenvalue weighted by atomic mass is 16.4. The standard InChI is InChI=1S/C11H23N3O4/c1-12(2)4-5-13(3)6-7-14(8-10(15)16)9-11(17)18/h4-9H2,1-3H3,(H,15,16)(H,17,18). The van der Waals surface area contributed by atoms with E-state index in [0.29, 0.717) is 13.1 Å². The molecule has 0 saturated heterocycles. The number of carboxylic acids is 2. The van der Waals surface area contributed by atoms with E-state index in [9.17, 15) is 9.59 Å². The summed E-state index contributed by atoms with van der Waals surface area (Å²) in [5.74, 6) is -2.01. The van der Waals surface area contributed by atoms with Crippen LogP contribution in [0.3, 0.4) is 0 Å². The Bertz CT molecular complexity index is 255. The van der Waals surface area contributed by atoms with Crippen LogP contribution in [-0.2, 0) is 9.59 Å². The van der Waals surface area contributed by atoms with Gasteiger partial charge in [0.15, 0.2) is 0 Å². The molecule has 0 rings (SSSR count). The minimum absolute atomic E-state index is 0.242. The van der Waals surface area contributed by atoms with E-state index in [-0.39, 0.29) is 13.1 Å². The second-order valence-electron chi connectivity index (χ2n) is 4.60. The van der Waals surface area contributed by atoms with E-state index in [2.05, 4.69) is 9.80 Å². The van der Waals surface area contributed by atoms with Crippen LogP contribution < -0.4 is 0 Å². The van der Waals surface area contributed by atoms with Crippen molar-refractivity contribution in [3.8, 4) is 0 Å². The zero-order valence-corrected chi connectivity index (χ0v) is 11.3. The SMILES string of the molecule is CN(C)CCN(C)CCN(CC(=O)O)CC(=O)O. The van der Waals surface area contributed by atoms with Gasteiger partial charge in [-0.05, 0) is 21.1 Å². The van der Waals surface area contributed by atoms with Crippen molar-refractivity contribution in [2.75, 3.05) is 60.4 Å². The lowest BCUT2D eigenvalue weighted by molar-refractivity contribution is -0.141. The Kier molecular flexibility index (Phi) is 8.27. The zero-order chi connectivity index (χ0) is 14.1. The predicted molar refractivity (Wildman–Crippen MR) is 67.8 cm³/mol. The van der Waals surface area contributed by atoms with E-state index >= 15 is 0 Å². The van der Waals surface area contributed by atoms with Gasteiger partial charge in [0.2, 0.25) is 0 Å². The number of carbonyl (C=O) groups is 2. The minimum Gasteiger partial charge on any atom is -0.480 e. The molecule has 0 spiro atoms. The highest BCUT2D eigenvalue weighted by Gasteiger charge is 2.13. The third-order valence-corrected chi connectivity index (χ3v) is 2.44. The van der Waals surface area contributed by atoms with Crippen LogP contribution in [0.4, 0.5) is 0 Å². The van der Waals surface area contributed by atoms with Gasteiger partial charge in [0.25, 0.3) is 0 Å². The van der Waals surface area contributed by atoms with Gasteiger partial charge >= 0.3 is 11.9 Å². The summed E-state index contributed by atoms with van der Waals surface area (Å²) >= 11 is 0. The van der Waals surface area contributed by atoms with Crippen LogP contribution in [0.25, 0.3) is 0 Å². The number of carboxylic acid groups (broad SMARTS) is 2. The Labute approximate surface area is 108 Å². The molecule has 0 aliphatic rings. The highest BCUT2D eigenvalue weighted by Crippen LogP contribution is 1.91.